The van der Waals surface area contributed by atoms with Crippen molar-refractivity contribution in [3.63, 3.8) is 0 Å². The van der Waals surface area contributed by atoms with Crippen molar-refractivity contribution in [1.29, 1.82) is 0 Å². The van der Waals surface area contributed by atoms with E-state index in [1.54, 1.807) is 19.2 Å². The van der Waals surface area contributed by atoms with Crippen LogP contribution < -0.4 is 10.1 Å². The van der Waals surface area contributed by atoms with Gasteiger partial charge in [0.1, 0.15) is 11.3 Å². The first-order valence-electron chi connectivity index (χ1n) is 9.72. The van der Waals surface area contributed by atoms with Gasteiger partial charge in [-0.25, -0.2) is 14.2 Å². The lowest BCUT2D eigenvalue weighted by molar-refractivity contribution is 0.417. The van der Waals surface area contributed by atoms with E-state index in [9.17, 15) is 4.21 Å². The van der Waals surface area contributed by atoms with Crippen LogP contribution >= 0.6 is 0 Å². The SMILES string of the molecule is COc1cc(N=CS(=O)O)ccc1Nc1cccc2cc3c(nc12)-c1ccccc1C3. The first-order valence-corrected chi connectivity index (χ1v) is 10.9. The molecule has 0 saturated carbocycles. The van der Waals surface area contributed by atoms with Crippen LogP contribution in [-0.4, -0.2) is 26.4 Å². The summed E-state index contributed by atoms with van der Waals surface area (Å²) >= 11 is -2.10. The molecule has 0 aliphatic heterocycles. The highest BCUT2D eigenvalue weighted by molar-refractivity contribution is 7.93. The number of ether oxygens (including phenoxy) is 1. The Morgan fingerprint density at radius 1 is 1.06 bits per heavy atom. The minimum atomic E-state index is -2.10. The van der Waals surface area contributed by atoms with Gasteiger partial charge in [0.15, 0.2) is 11.1 Å². The maximum Gasteiger partial charge on any atom is 0.198 e. The van der Waals surface area contributed by atoms with Crippen LogP contribution in [-0.2, 0) is 17.5 Å². The Balaban J connectivity index is 1.55. The zero-order valence-electron chi connectivity index (χ0n) is 16.7. The van der Waals surface area contributed by atoms with Crippen LogP contribution in [0, 0.1) is 0 Å². The molecular weight excluding hydrogens is 410 g/mol. The topological polar surface area (TPSA) is 83.8 Å². The van der Waals surface area contributed by atoms with E-state index in [-0.39, 0.29) is 0 Å². The second-order valence-corrected chi connectivity index (χ2v) is 7.99. The molecular formula is C24H19N3O3S. The Morgan fingerprint density at radius 3 is 2.77 bits per heavy atom. The summed E-state index contributed by atoms with van der Waals surface area (Å²) in [7, 11) is 1.57. The number of nitrogens with zero attached hydrogens (tertiary/aromatic N) is 2. The van der Waals surface area contributed by atoms with Crippen molar-refractivity contribution in [3.05, 3.63) is 77.9 Å². The molecule has 154 valence electrons. The molecule has 1 atom stereocenters. The Hall–Kier alpha value is -3.55. The predicted octanol–water partition coefficient (Wildman–Crippen LogP) is 5.44. The van der Waals surface area contributed by atoms with Crippen LogP contribution in [0.5, 0.6) is 5.75 Å². The maximum atomic E-state index is 10.8. The first-order chi connectivity index (χ1) is 15.1. The van der Waals surface area contributed by atoms with Crippen molar-refractivity contribution in [2.75, 3.05) is 12.4 Å². The maximum absolute atomic E-state index is 10.8. The molecule has 0 fully saturated rings. The number of methoxy groups -OCH3 is 1. The molecule has 1 heterocycles. The number of aromatic nitrogens is 1. The molecule has 6 nitrogen and oxygen atoms in total. The number of benzene rings is 3. The van der Waals surface area contributed by atoms with E-state index < -0.39 is 11.1 Å². The zero-order chi connectivity index (χ0) is 21.4. The second-order valence-electron chi connectivity index (χ2n) is 7.23. The molecule has 5 rings (SSSR count). The van der Waals surface area contributed by atoms with Crippen molar-refractivity contribution in [2.24, 2.45) is 4.99 Å². The predicted molar refractivity (Wildman–Crippen MR) is 125 cm³/mol. The van der Waals surface area contributed by atoms with Gasteiger partial charge in [0.2, 0.25) is 0 Å². The fourth-order valence-corrected chi connectivity index (χ4v) is 4.15. The number of hydrogen-bond donors (Lipinski definition) is 2. The molecule has 0 spiro atoms. The highest BCUT2D eigenvalue weighted by atomic mass is 32.2. The number of nitrogens with one attached hydrogen (secondary N) is 1. The van der Waals surface area contributed by atoms with Gasteiger partial charge < -0.3 is 14.6 Å². The van der Waals surface area contributed by atoms with Gasteiger partial charge in [-0.1, -0.05) is 36.4 Å². The van der Waals surface area contributed by atoms with E-state index in [0.717, 1.165) is 39.9 Å². The summed E-state index contributed by atoms with van der Waals surface area (Å²) in [6, 6.07) is 22.0. The number of hydrogen-bond acceptors (Lipinski definition) is 5. The number of pyridine rings is 1. The van der Waals surface area contributed by atoms with Crippen LogP contribution in [0.2, 0.25) is 0 Å². The minimum Gasteiger partial charge on any atom is -0.494 e. The van der Waals surface area contributed by atoms with E-state index in [1.165, 1.54) is 16.7 Å². The third-order valence-electron chi connectivity index (χ3n) is 5.32. The summed E-state index contributed by atoms with van der Waals surface area (Å²) in [5, 5.41) is 4.50. The fraction of sp³-hybridized carbons (Fsp3) is 0.0833. The largest absolute Gasteiger partial charge is 0.494 e. The molecule has 1 aliphatic rings. The molecule has 3 aromatic carbocycles. The summed E-state index contributed by atoms with van der Waals surface area (Å²) in [5.74, 6) is 0.571. The van der Waals surface area contributed by atoms with Crippen LogP contribution in [0.3, 0.4) is 0 Å². The molecule has 0 bridgehead atoms. The summed E-state index contributed by atoms with van der Waals surface area (Å²) in [4.78, 5) is 9.00. The summed E-state index contributed by atoms with van der Waals surface area (Å²) in [6.45, 7) is 0. The van der Waals surface area contributed by atoms with Gasteiger partial charge in [0.05, 0.1) is 35.4 Å². The van der Waals surface area contributed by atoms with E-state index in [2.05, 4.69) is 40.6 Å². The van der Waals surface area contributed by atoms with Crippen LogP contribution in [0.4, 0.5) is 17.1 Å². The number of anilines is 2. The highest BCUT2D eigenvalue weighted by Gasteiger charge is 2.21. The van der Waals surface area contributed by atoms with Crippen molar-refractivity contribution >= 4 is 44.6 Å². The minimum absolute atomic E-state index is 0.523. The van der Waals surface area contributed by atoms with Crippen LogP contribution in [0.1, 0.15) is 11.1 Å². The lowest BCUT2D eigenvalue weighted by Gasteiger charge is -2.14. The van der Waals surface area contributed by atoms with Crippen molar-refractivity contribution in [2.45, 2.75) is 6.42 Å². The Morgan fingerprint density at radius 2 is 1.94 bits per heavy atom. The molecule has 0 amide bonds. The third kappa shape index (κ3) is 3.69. The van der Waals surface area contributed by atoms with Gasteiger partial charge in [-0.2, -0.15) is 0 Å². The Bertz CT molecular complexity index is 1370. The molecule has 31 heavy (non-hydrogen) atoms. The normalized spacial score (nSPS) is 13.2. The molecule has 1 aliphatic carbocycles. The van der Waals surface area contributed by atoms with Gasteiger partial charge in [-0.15, -0.1) is 0 Å². The standard InChI is InChI=1S/C24H19N3O3S/c1-30-22-13-18(25-14-31(28)29)9-10-20(22)26-21-8-4-6-16-12-17-11-15-5-2-3-7-19(15)23(17)27-24(16)21/h2-10,12-14,26H,11H2,1H3,(H,28,29). The van der Waals surface area contributed by atoms with E-state index >= 15 is 0 Å². The molecule has 2 N–H and O–H groups in total. The van der Waals surface area contributed by atoms with Crippen LogP contribution in [0.25, 0.3) is 22.2 Å². The summed E-state index contributed by atoms with van der Waals surface area (Å²) < 4.78 is 25.2. The molecule has 4 aromatic rings. The third-order valence-corrected chi connectivity index (χ3v) is 5.61. The number of aliphatic imine (C=N–C) groups is 1. The smallest absolute Gasteiger partial charge is 0.198 e. The molecule has 0 radical (unpaired) electrons. The zero-order valence-corrected chi connectivity index (χ0v) is 17.5. The fourth-order valence-electron chi connectivity index (χ4n) is 3.94. The van der Waals surface area contributed by atoms with E-state index in [1.807, 2.05) is 24.3 Å². The van der Waals surface area contributed by atoms with E-state index in [4.69, 9.17) is 14.3 Å². The summed E-state index contributed by atoms with van der Waals surface area (Å²) in [6.07, 6.45) is 0.903. The lowest BCUT2D eigenvalue weighted by atomic mass is 10.1. The second kappa shape index (κ2) is 7.94. The van der Waals surface area contributed by atoms with Gasteiger partial charge in [0, 0.05) is 23.4 Å². The van der Waals surface area contributed by atoms with Gasteiger partial charge >= 0.3 is 0 Å². The Kier molecular flexibility index (Phi) is 4.97. The Labute approximate surface area is 181 Å². The molecule has 1 unspecified atom stereocenters. The average Bonchev–Trinajstić information content (AvgIpc) is 3.14. The number of rotatable bonds is 5. The first kappa shape index (κ1) is 19.4. The quantitative estimate of drug-likeness (QED) is 0.221. The molecule has 7 heteroatoms. The van der Waals surface area contributed by atoms with Crippen molar-refractivity contribution in [1.82, 2.24) is 4.98 Å². The molecule has 0 saturated heterocycles. The average molecular weight is 430 g/mol. The lowest BCUT2D eigenvalue weighted by Crippen LogP contribution is -1.97. The van der Waals surface area contributed by atoms with Gasteiger partial charge in [-0.05, 0) is 35.4 Å². The van der Waals surface area contributed by atoms with Crippen LogP contribution in [0.15, 0.2) is 71.7 Å². The number of fused-ring (bicyclic) bond motifs is 4. The molecule has 1 aromatic heterocycles. The van der Waals surface area contributed by atoms with Crippen molar-refractivity contribution in [3.8, 4) is 17.0 Å². The summed E-state index contributed by atoms with van der Waals surface area (Å²) in [5.41, 5.74) is 8.77. The number of para-hydroxylation sites is 1. The van der Waals surface area contributed by atoms with Gasteiger partial charge in [0.25, 0.3) is 0 Å². The monoisotopic (exact) mass is 429 g/mol. The van der Waals surface area contributed by atoms with Crippen molar-refractivity contribution < 1.29 is 13.5 Å². The van der Waals surface area contributed by atoms with Gasteiger partial charge in [-0.3, -0.25) is 0 Å². The highest BCUT2D eigenvalue weighted by Crippen LogP contribution is 2.39. The van der Waals surface area contributed by atoms with E-state index in [0.29, 0.717) is 11.4 Å².